The van der Waals surface area contributed by atoms with E-state index in [2.05, 4.69) is 9.97 Å². The molecule has 18 heavy (non-hydrogen) atoms. The molecular formula is C10H15ClN4O2S. The Morgan fingerprint density at radius 1 is 1.33 bits per heavy atom. The van der Waals surface area contributed by atoms with Crippen LogP contribution in [0, 0.1) is 0 Å². The average Bonchev–Trinajstić information content (AvgIpc) is 2.38. The number of alkyl halides is 1. The van der Waals surface area contributed by atoms with Crippen LogP contribution in [0.2, 0.25) is 0 Å². The molecule has 0 bridgehead atoms. The first-order valence-corrected chi connectivity index (χ1v) is 7.95. The Labute approximate surface area is 112 Å². The average molecular weight is 291 g/mol. The van der Waals surface area contributed by atoms with Gasteiger partial charge in [0.1, 0.15) is 12.1 Å². The van der Waals surface area contributed by atoms with Gasteiger partial charge in [0, 0.05) is 37.9 Å². The fourth-order valence-electron chi connectivity index (χ4n) is 1.96. The first-order chi connectivity index (χ1) is 8.52. The number of halogens is 1. The maximum absolute atomic E-state index is 11.4. The van der Waals surface area contributed by atoms with E-state index in [9.17, 15) is 8.42 Å². The Balaban J connectivity index is 2.10. The second-order valence-corrected chi connectivity index (χ2v) is 6.40. The third kappa shape index (κ3) is 2.90. The quantitative estimate of drug-likeness (QED) is 0.749. The maximum atomic E-state index is 11.4. The molecule has 0 N–H and O–H groups in total. The summed E-state index contributed by atoms with van der Waals surface area (Å²) in [6.07, 6.45) is 4.41. The van der Waals surface area contributed by atoms with Gasteiger partial charge in [-0.05, 0) is 0 Å². The fourth-order valence-corrected chi connectivity index (χ4v) is 2.98. The van der Waals surface area contributed by atoms with E-state index in [0.29, 0.717) is 32.1 Å². The van der Waals surface area contributed by atoms with Gasteiger partial charge in [0.05, 0.1) is 12.1 Å². The first-order valence-electron chi connectivity index (χ1n) is 5.57. The molecule has 0 amide bonds. The predicted octanol–water partition coefficient (Wildman–Crippen LogP) is 0.297. The van der Waals surface area contributed by atoms with E-state index in [1.165, 1.54) is 16.9 Å². The van der Waals surface area contributed by atoms with E-state index in [4.69, 9.17) is 11.6 Å². The molecule has 8 heteroatoms. The standard InChI is InChI=1S/C10H15ClN4O2S/c1-18(16,17)15-4-2-14(3-5-15)10-9(6-11)7-12-8-13-10/h7-8H,2-6H2,1H3. The zero-order valence-corrected chi connectivity index (χ0v) is 11.7. The summed E-state index contributed by atoms with van der Waals surface area (Å²) in [5.41, 5.74) is 0.868. The number of sulfonamides is 1. The molecule has 0 atom stereocenters. The molecule has 0 unspecified atom stereocenters. The topological polar surface area (TPSA) is 66.4 Å². The van der Waals surface area contributed by atoms with Gasteiger partial charge >= 0.3 is 0 Å². The van der Waals surface area contributed by atoms with Gasteiger partial charge in [-0.25, -0.2) is 18.4 Å². The van der Waals surface area contributed by atoms with Crippen molar-refractivity contribution in [1.82, 2.24) is 14.3 Å². The summed E-state index contributed by atoms with van der Waals surface area (Å²) < 4.78 is 24.3. The number of rotatable bonds is 3. The monoisotopic (exact) mass is 290 g/mol. The van der Waals surface area contributed by atoms with Gasteiger partial charge in [0.25, 0.3) is 0 Å². The molecule has 0 aromatic carbocycles. The van der Waals surface area contributed by atoms with Gasteiger partial charge < -0.3 is 4.90 Å². The minimum Gasteiger partial charge on any atom is -0.354 e. The predicted molar refractivity (Wildman–Crippen MR) is 70.2 cm³/mol. The zero-order valence-electron chi connectivity index (χ0n) is 10.1. The molecule has 0 saturated carbocycles. The highest BCUT2D eigenvalue weighted by molar-refractivity contribution is 7.88. The summed E-state index contributed by atoms with van der Waals surface area (Å²) in [7, 11) is -3.10. The highest BCUT2D eigenvalue weighted by Crippen LogP contribution is 2.20. The van der Waals surface area contributed by atoms with E-state index in [1.54, 1.807) is 6.20 Å². The molecule has 1 aromatic rings. The van der Waals surface area contributed by atoms with Crippen LogP contribution in [0.25, 0.3) is 0 Å². The highest BCUT2D eigenvalue weighted by Gasteiger charge is 2.24. The molecule has 2 rings (SSSR count). The van der Waals surface area contributed by atoms with Gasteiger partial charge in [-0.1, -0.05) is 0 Å². The molecule has 100 valence electrons. The Bertz CT molecular complexity index is 514. The van der Waals surface area contributed by atoms with Gasteiger partial charge in [0.2, 0.25) is 10.0 Å². The molecule has 1 aromatic heterocycles. The number of aromatic nitrogens is 2. The van der Waals surface area contributed by atoms with Crippen molar-refractivity contribution in [1.29, 1.82) is 0 Å². The molecule has 1 saturated heterocycles. The summed E-state index contributed by atoms with van der Waals surface area (Å²) in [5.74, 6) is 1.15. The van der Waals surface area contributed by atoms with Crippen molar-refractivity contribution in [2.75, 3.05) is 37.3 Å². The van der Waals surface area contributed by atoms with Gasteiger partial charge in [0.15, 0.2) is 0 Å². The van der Waals surface area contributed by atoms with Crippen LogP contribution < -0.4 is 4.90 Å². The van der Waals surface area contributed by atoms with Crippen LogP contribution in [-0.4, -0.2) is 55.1 Å². The second-order valence-electron chi connectivity index (χ2n) is 4.15. The van der Waals surface area contributed by atoms with Crippen molar-refractivity contribution in [2.24, 2.45) is 0 Å². The molecular weight excluding hydrogens is 276 g/mol. The normalized spacial score (nSPS) is 18.0. The van der Waals surface area contributed by atoms with Gasteiger partial charge in [-0.15, -0.1) is 11.6 Å². The number of anilines is 1. The van der Waals surface area contributed by atoms with Crippen molar-refractivity contribution in [3.8, 4) is 0 Å². The Morgan fingerprint density at radius 3 is 2.56 bits per heavy atom. The summed E-state index contributed by atoms with van der Waals surface area (Å²) in [5, 5.41) is 0. The molecule has 2 heterocycles. The third-order valence-electron chi connectivity index (χ3n) is 2.92. The molecule has 6 nitrogen and oxygen atoms in total. The molecule has 1 fully saturated rings. The summed E-state index contributed by atoms with van der Waals surface area (Å²) in [6, 6.07) is 0. The molecule has 0 aliphatic carbocycles. The van der Waals surface area contributed by atoms with E-state index < -0.39 is 10.0 Å². The summed E-state index contributed by atoms with van der Waals surface area (Å²) in [6.45, 7) is 2.19. The lowest BCUT2D eigenvalue weighted by molar-refractivity contribution is 0.386. The molecule has 0 radical (unpaired) electrons. The minimum absolute atomic E-state index is 0.350. The van der Waals surface area contributed by atoms with Crippen LogP contribution in [-0.2, 0) is 15.9 Å². The minimum atomic E-state index is -3.10. The van der Waals surface area contributed by atoms with Crippen molar-refractivity contribution >= 4 is 27.4 Å². The van der Waals surface area contributed by atoms with Crippen molar-refractivity contribution in [3.63, 3.8) is 0 Å². The third-order valence-corrected chi connectivity index (χ3v) is 4.51. The van der Waals surface area contributed by atoms with Crippen molar-refractivity contribution < 1.29 is 8.42 Å². The molecule has 0 spiro atoms. The summed E-state index contributed by atoms with van der Waals surface area (Å²) in [4.78, 5) is 10.2. The largest absolute Gasteiger partial charge is 0.354 e. The number of nitrogens with zero attached hydrogens (tertiary/aromatic N) is 4. The van der Waals surface area contributed by atoms with Gasteiger partial charge in [-0.2, -0.15) is 4.31 Å². The Kier molecular flexibility index (Phi) is 4.04. The number of hydrogen-bond acceptors (Lipinski definition) is 5. The first kappa shape index (κ1) is 13.5. The lowest BCUT2D eigenvalue weighted by atomic mass is 10.3. The number of piperazine rings is 1. The van der Waals surface area contributed by atoms with Crippen LogP contribution >= 0.6 is 11.6 Å². The van der Waals surface area contributed by atoms with Crippen LogP contribution in [0.4, 0.5) is 5.82 Å². The maximum Gasteiger partial charge on any atom is 0.211 e. The highest BCUT2D eigenvalue weighted by atomic mass is 35.5. The van der Waals surface area contributed by atoms with Crippen LogP contribution in [0.3, 0.4) is 0 Å². The van der Waals surface area contributed by atoms with Gasteiger partial charge in [-0.3, -0.25) is 0 Å². The van der Waals surface area contributed by atoms with E-state index in [0.717, 1.165) is 11.4 Å². The molecule has 1 aliphatic heterocycles. The summed E-state index contributed by atoms with van der Waals surface area (Å²) >= 11 is 5.84. The van der Waals surface area contributed by atoms with E-state index >= 15 is 0 Å². The SMILES string of the molecule is CS(=O)(=O)N1CCN(c2ncncc2CCl)CC1. The van der Waals surface area contributed by atoms with Crippen molar-refractivity contribution in [2.45, 2.75) is 5.88 Å². The fraction of sp³-hybridized carbons (Fsp3) is 0.600. The number of hydrogen-bond donors (Lipinski definition) is 0. The lowest BCUT2D eigenvalue weighted by Gasteiger charge is -2.34. The lowest BCUT2D eigenvalue weighted by Crippen LogP contribution is -2.48. The molecule has 1 aliphatic rings. The Morgan fingerprint density at radius 2 is 2.00 bits per heavy atom. The van der Waals surface area contributed by atoms with Crippen LogP contribution in [0.5, 0.6) is 0 Å². The van der Waals surface area contributed by atoms with Crippen LogP contribution in [0.15, 0.2) is 12.5 Å². The van der Waals surface area contributed by atoms with E-state index in [1.807, 2.05) is 4.90 Å². The smallest absolute Gasteiger partial charge is 0.211 e. The van der Waals surface area contributed by atoms with Crippen LogP contribution in [0.1, 0.15) is 5.56 Å². The second kappa shape index (κ2) is 5.38. The van der Waals surface area contributed by atoms with Crippen molar-refractivity contribution in [3.05, 3.63) is 18.1 Å². The zero-order chi connectivity index (χ0) is 13.2. The Hall–Kier alpha value is -0.920. The van der Waals surface area contributed by atoms with E-state index in [-0.39, 0.29) is 0 Å².